The Morgan fingerprint density at radius 2 is 1.92 bits per heavy atom. The monoisotopic (exact) mass is 329 g/mol. The standard InChI is InChI=1S/C18H27N5O/c1-4-14(3)19-18(24)22-12-10-21(11-13-22)17-20-15-8-6-7-9-16(15)23(17)5-2/h6-9,14H,4-5,10-13H2,1-3H3,(H,19,24). The largest absolute Gasteiger partial charge is 0.339 e. The first-order valence-electron chi connectivity index (χ1n) is 8.89. The molecule has 0 spiro atoms. The number of carbonyl (C=O) groups excluding carboxylic acids is 1. The molecule has 1 fully saturated rings. The molecule has 1 aliphatic rings. The van der Waals surface area contributed by atoms with Gasteiger partial charge in [-0.1, -0.05) is 19.1 Å². The van der Waals surface area contributed by atoms with E-state index in [4.69, 9.17) is 4.98 Å². The molecule has 0 aliphatic carbocycles. The second-order valence-electron chi connectivity index (χ2n) is 6.38. The van der Waals surface area contributed by atoms with E-state index in [0.29, 0.717) is 0 Å². The SMILES string of the molecule is CCC(C)NC(=O)N1CCN(c2nc3ccccc3n2CC)CC1. The molecule has 6 nitrogen and oxygen atoms in total. The number of amides is 2. The third-order valence-electron chi connectivity index (χ3n) is 4.78. The number of aryl methyl sites for hydroxylation is 1. The number of piperazine rings is 1. The summed E-state index contributed by atoms with van der Waals surface area (Å²) in [5.74, 6) is 1.01. The second kappa shape index (κ2) is 7.11. The summed E-state index contributed by atoms with van der Waals surface area (Å²) in [6.07, 6.45) is 0.951. The molecule has 1 N–H and O–H groups in total. The van der Waals surface area contributed by atoms with Gasteiger partial charge in [-0.2, -0.15) is 0 Å². The fraction of sp³-hybridized carbons (Fsp3) is 0.556. The minimum Gasteiger partial charge on any atom is -0.339 e. The summed E-state index contributed by atoms with van der Waals surface area (Å²) in [6, 6.07) is 8.52. The molecule has 2 aromatic rings. The molecule has 2 amide bonds. The lowest BCUT2D eigenvalue weighted by Gasteiger charge is -2.35. The highest BCUT2D eigenvalue weighted by Crippen LogP contribution is 2.23. The summed E-state index contributed by atoms with van der Waals surface area (Å²) in [5, 5.41) is 3.05. The number of aromatic nitrogens is 2. The van der Waals surface area contributed by atoms with Crippen LogP contribution in [0.25, 0.3) is 11.0 Å². The fourth-order valence-corrected chi connectivity index (χ4v) is 3.13. The topological polar surface area (TPSA) is 53.4 Å². The Bertz CT molecular complexity index is 702. The van der Waals surface area contributed by atoms with Crippen LogP contribution in [0.15, 0.2) is 24.3 Å². The Labute approximate surface area is 143 Å². The van der Waals surface area contributed by atoms with Crippen LogP contribution < -0.4 is 10.2 Å². The van der Waals surface area contributed by atoms with E-state index < -0.39 is 0 Å². The molecular weight excluding hydrogens is 302 g/mol. The van der Waals surface area contributed by atoms with Crippen LogP contribution in [0.4, 0.5) is 10.7 Å². The van der Waals surface area contributed by atoms with E-state index in [1.54, 1.807) is 0 Å². The molecule has 3 rings (SSSR count). The predicted octanol–water partition coefficient (Wildman–Crippen LogP) is 2.69. The van der Waals surface area contributed by atoms with Gasteiger partial charge in [-0.05, 0) is 32.4 Å². The molecule has 6 heteroatoms. The Morgan fingerprint density at radius 3 is 2.58 bits per heavy atom. The van der Waals surface area contributed by atoms with Crippen molar-refractivity contribution in [2.24, 2.45) is 0 Å². The van der Waals surface area contributed by atoms with Crippen molar-refractivity contribution >= 4 is 23.0 Å². The number of rotatable bonds is 4. The molecule has 1 saturated heterocycles. The van der Waals surface area contributed by atoms with Crippen LogP contribution in [0, 0.1) is 0 Å². The molecule has 1 aliphatic heterocycles. The molecule has 0 saturated carbocycles. The smallest absolute Gasteiger partial charge is 0.317 e. The number of para-hydroxylation sites is 2. The van der Waals surface area contributed by atoms with Gasteiger partial charge in [-0.3, -0.25) is 0 Å². The van der Waals surface area contributed by atoms with Crippen molar-refractivity contribution in [3.05, 3.63) is 24.3 Å². The van der Waals surface area contributed by atoms with Gasteiger partial charge in [0.2, 0.25) is 5.95 Å². The average molecular weight is 329 g/mol. The summed E-state index contributed by atoms with van der Waals surface area (Å²) in [7, 11) is 0. The van der Waals surface area contributed by atoms with Crippen molar-refractivity contribution in [3.8, 4) is 0 Å². The zero-order chi connectivity index (χ0) is 17.1. The van der Waals surface area contributed by atoms with Gasteiger partial charge < -0.3 is 19.7 Å². The molecule has 0 bridgehead atoms. The second-order valence-corrected chi connectivity index (χ2v) is 6.38. The van der Waals surface area contributed by atoms with Gasteiger partial charge in [0.25, 0.3) is 0 Å². The number of hydrogen-bond donors (Lipinski definition) is 1. The lowest BCUT2D eigenvalue weighted by atomic mass is 10.2. The Hall–Kier alpha value is -2.24. The first-order chi connectivity index (χ1) is 11.6. The summed E-state index contributed by atoms with van der Waals surface area (Å²) in [4.78, 5) is 21.3. The Morgan fingerprint density at radius 1 is 1.21 bits per heavy atom. The van der Waals surface area contributed by atoms with E-state index >= 15 is 0 Å². The summed E-state index contributed by atoms with van der Waals surface area (Å²) < 4.78 is 2.25. The van der Waals surface area contributed by atoms with E-state index in [9.17, 15) is 4.79 Å². The lowest BCUT2D eigenvalue weighted by molar-refractivity contribution is 0.190. The van der Waals surface area contributed by atoms with E-state index in [2.05, 4.69) is 46.8 Å². The molecular formula is C18H27N5O. The molecule has 1 atom stereocenters. The molecule has 0 radical (unpaired) electrons. The highest BCUT2D eigenvalue weighted by Gasteiger charge is 2.24. The number of urea groups is 1. The number of nitrogens with one attached hydrogen (secondary N) is 1. The van der Waals surface area contributed by atoms with E-state index in [-0.39, 0.29) is 12.1 Å². The van der Waals surface area contributed by atoms with Gasteiger partial charge in [0, 0.05) is 38.8 Å². The third kappa shape index (κ3) is 3.18. The van der Waals surface area contributed by atoms with Crippen molar-refractivity contribution in [1.82, 2.24) is 19.8 Å². The number of carbonyl (C=O) groups is 1. The van der Waals surface area contributed by atoms with Crippen LogP contribution in [0.1, 0.15) is 27.2 Å². The quantitative estimate of drug-likeness (QED) is 0.938. The molecule has 24 heavy (non-hydrogen) atoms. The first kappa shape index (κ1) is 16.6. The van der Waals surface area contributed by atoms with Crippen LogP contribution in [0.2, 0.25) is 0 Å². The van der Waals surface area contributed by atoms with Gasteiger partial charge in [0.1, 0.15) is 0 Å². The first-order valence-corrected chi connectivity index (χ1v) is 8.89. The predicted molar refractivity (Wildman–Crippen MR) is 97.5 cm³/mol. The van der Waals surface area contributed by atoms with Gasteiger partial charge in [-0.25, -0.2) is 9.78 Å². The van der Waals surface area contributed by atoms with E-state index in [1.807, 2.05) is 17.9 Å². The van der Waals surface area contributed by atoms with Crippen molar-refractivity contribution in [1.29, 1.82) is 0 Å². The maximum atomic E-state index is 12.3. The highest BCUT2D eigenvalue weighted by molar-refractivity contribution is 5.79. The van der Waals surface area contributed by atoms with Crippen LogP contribution in [-0.2, 0) is 6.54 Å². The van der Waals surface area contributed by atoms with Crippen molar-refractivity contribution in [3.63, 3.8) is 0 Å². The third-order valence-corrected chi connectivity index (χ3v) is 4.78. The molecule has 1 aromatic heterocycles. The lowest BCUT2D eigenvalue weighted by Crippen LogP contribution is -2.53. The van der Waals surface area contributed by atoms with Gasteiger partial charge >= 0.3 is 6.03 Å². The Kier molecular flexibility index (Phi) is 4.92. The number of nitrogens with zero attached hydrogens (tertiary/aromatic N) is 4. The molecule has 130 valence electrons. The number of imidazole rings is 1. The molecule has 1 unspecified atom stereocenters. The van der Waals surface area contributed by atoms with Crippen LogP contribution in [0.5, 0.6) is 0 Å². The summed E-state index contributed by atoms with van der Waals surface area (Å²) in [6.45, 7) is 10.3. The Balaban J connectivity index is 1.70. The van der Waals surface area contributed by atoms with Crippen molar-refractivity contribution < 1.29 is 4.79 Å². The number of anilines is 1. The number of hydrogen-bond acceptors (Lipinski definition) is 3. The average Bonchev–Trinajstić information content (AvgIpc) is 3.00. The summed E-state index contributed by atoms with van der Waals surface area (Å²) >= 11 is 0. The number of benzene rings is 1. The molecule has 1 aromatic carbocycles. The van der Waals surface area contributed by atoms with E-state index in [0.717, 1.165) is 50.6 Å². The van der Waals surface area contributed by atoms with Crippen molar-refractivity contribution in [2.45, 2.75) is 39.8 Å². The fourth-order valence-electron chi connectivity index (χ4n) is 3.13. The minimum atomic E-state index is 0.0491. The van der Waals surface area contributed by atoms with Gasteiger partial charge in [0.05, 0.1) is 11.0 Å². The van der Waals surface area contributed by atoms with Crippen LogP contribution in [-0.4, -0.2) is 52.7 Å². The maximum absolute atomic E-state index is 12.3. The normalized spacial score (nSPS) is 16.5. The highest BCUT2D eigenvalue weighted by atomic mass is 16.2. The van der Waals surface area contributed by atoms with Crippen molar-refractivity contribution in [2.75, 3.05) is 31.1 Å². The van der Waals surface area contributed by atoms with Crippen LogP contribution >= 0.6 is 0 Å². The molecule has 2 heterocycles. The number of fused-ring (bicyclic) bond motifs is 1. The zero-order valence-corrected chi connectivity index (χ0v) is 14.8. The van der Waals surface area contributed by atoms with Gasteiger partial charge in [0.15, 0.2) is 0 Å². The zero-order valence-electron chi connectivity index (χ0n) is 14.8. The van der Waals surface area contributed by atoms with Gasteiger partial charge in [-0.15, -0.1) is 0 Å². The minimum absolute atomic E-state index is 0.0491. The maximum Gasteiger partial charge on any atom is 0.317 e. The summed E-state index contributed by atoms with van der Waals surface area (Å²) in [5.41, 5.74) is 2.21. The van der Waals surface area contributed by atoms with Crippen LogP contribution in [0.3, 0.4) is 0 Å². The van der Waals surface area contributed by atoms with E-state index in [1.165, 1.54) is 5.52 Å².